The molecule has 2 rings (SSSR count). The summed E-state index contributed by atoms with van der Waals surface area (Å²) in [6, 6.07) is -0.176. The number of azo groups is 1. The lowest BCUT2D eigenvalue weighted by molar-refractivity contribution is 0.623. The maximum atomic E-state index is 5.62. The van der Waals surface area contributed by atoms with Gasteiger partial charge in [-0.25, -0.2) is 4.99 Å². The summed E-state index contributed by atoms with van der Waals surface area (Å²) in [5, 5.41) is 7.62. The molecule has 0 radical (unpaired) electrons. The number of hydrogen-bond donors (Lipinski definition) is 1. The molecule has 0 unspecified atom stereocenters. The smallest absolute Gasteiger partial charge is 0.148 e. The highest BCUT2D eigenvalue weighted by Gasteiger charge is 2.24. The highest BCUT2D eigenvalue weighted by molar-refractivity contribution is 6.05. The summed E-state index contributed by atoms with van der Waals surface area (Å²) in [6.45, 7) is 0. The molecule has 2 N–H and O–H groups in total. The average Bonchev–Trinajstić information content (AvgIpc) is 2.06. The second kappa shape index (κ2) is 2.35. The van der Waals surface area contributed by atoms with Crippen LogP contribution < -0.4 is 5.73 Å². The third kappa shape index (κ3) is 0.988. The number of nitrogens with two attached hydrogens (primary N) is 1. The topological polar surface area (TPSA) is 75.5 Å². The van der Waals surface area contributed by atoms with E-state index in [2.05, 4.69) is 20.2 Å². The van der Waals surface area contributed by atoms with Crippen LogP contribution in [-0.2, 0) is 0 Å². The number of aliphatic imine (C=N–C) groups is 2. The van der Waals surface area contributed by atoms with Crippen LogP contribution in [0, 0.1) is 0 Å². The van der Waals surface area contributed by atoms with Gasteiger partial charge in [-0.15, -0.1) is 0 Å². The van der Waals surface area contributed by atoms with Gasteiger partial charge in [0, 0.05) is 0 Å². The standard InChI is InChI=1S/C6H7N5/c7-6-5-4(8-3-9-6)1-2-10-11-5/h1-3,5-6H,7H2/t5-,6-/m0/s1. The van der Waals surface area contributed by atoms with Gasteiger partial charge in [-0.1, -0.05) is 0 Å². The van der Waals surface area contributed by atoms with E-state index in [1.165, 1.54) is 6.34 Å². The third-order valence-electron chi connectivity index (χ3n) is 1.58. The molecule has 0 bridgehead atoms. The van der Waals surface area contributed by atoms with Gasteiger partial charge in [0.25, 0.3) is 0 Å². The normalized spacial score (nSPS) is 33.4. The first-order valence-electron chi connectivity index (χ1n) is 3.29. The minimum atomic E-state index is -0.323. The Kier molecular flexibility index (Phi) is 1.36. The van der Waals surface area contributed by atoms with Crippen molar-refractivity contribution in [3.8, 4) is 0 Å². The van der Waals surface area contributed by atoms with E-state index in [0.717, 1.165) is 5.71 Å². The molecular formula is C6H7N5. The van der Waals surface area contributed by atoms with Crippen molar-refractivity contribution in [1.29, 1.82) is 0 Å². The molecule has 5 nitrogen and oxygen atoms in total. The molecule has 0 aromatic heterocycles. The zero-order valence-electron chi connectivity index (χ0n) is 5.75. The fourth-order valence-electron chi connectivity index (χ4n) is 0.999. The molecule has 0 fully saturated rings. The van der Waals surface area contributed by atoms with Crippen molar-refractivity contribution < 1.29 is 0 Å². The van der Waals surface area contributed by atoms with Gasteiger partial charge in [-0.2, -0.15) is 10.2 Å². The second-order valence-electron chi connectivity index (χ2n) is 2.30. The predicted molar refractivity (Wildman–Crippen MR) is 41.7 cm³/mol. The zero-order chi connectivity index (χ0) is 7.68. The van der Waals surface area contributed by atoms with Gasteiger partial charge >= 0.3 is 0 Å². The fourth-order valence-corrected chi connectivity index (χ4v) is 0.999. The maximum Gasteiger partial charge on any atom is 0.148 e. The van der Waals surface area contributed by atoms with Gasteiger partial charge in [-0.05, 0) is 6.08 Å². The summed E-state index contributed by atoms with van der Waals surface area (Å²) >= 11 is 0. The van der Waals surface area contributed by atoms with E-state index in [4.69, 9.17) is 5.73 Å². The van der Waals surface area contributed by atoms with Crippen LogP contribution in [0.25, 0.3) is 0 Å². The van der Waals surface area contributed by atoms with E-state index in [1.807, 2.05) is 0 Å². The Bertz CT molecular complexity index is 275. The molecular weight excluding hydrogens is 142 g/mol. The van der Waals surface area contributed by atoms with Crippen LogP contribution in [0.2, 0.25) is 0 Å². The first-order valence-corrected chi connectivity index (χ1v) is 3.29. The van der Waals surface area contributed by atoms with E-state index in [9.17, 15) is 0 Å². The molecule has 0 spiro atoms. The molecule has 11 heavy (non-hydrogen) atoms. The molecule has 2 atom stereocenters. The van der Waals surface area contributed by atoms with Gasteiger partial charge in [0.05, 0.1) is 11.9 Å². The van der Waals surface area contributed by atoms with Gasteiger partial charge in [0.2, 0.25) is 0 Å². The molecule has 56 valence electrons. The fraction of sp³-hybridized carbons (Fsp3) is 0.333. The lowest BCUT2D eigenvalue weighted by Crippen LogP contribution is -2.39. The molecule has 0 aliphatic carbocycles. The summed E-state index contributed by atoms with van der Waals surface area (Å²) in [4.78, 5) is 7.90. The van der Waals surface area contributed by atoms with Gasteiger partial charge in [0.1, 0.15) is 18.5 Å². The SMILES string of the molecule is N[C@H]1N=CN=C2C=CN=N[C@@H]21. The Morgan fingerprint density at radius 2 is 2.36 bits per heavy atom. The minimum absolute atomic E-state index is 0.176. The van der Waals surface area contributed by atoms with Crippen LogP contribution in [0.15, 0.2) is 32.5 Å². The highest BCUT2D eigenvalue weighted by Crippen LogP contribution is 2.11. The van der Waals surface area contributed by atoms with Gasteiger partial charge < -0.3 is 5.73 Å². The second-order valence-corrected chi connectivity index (χ2v) is 2.30. The van der Waals surface area contributed by atoms with Crippen LogP contribution in [0.1, 0.15) is 0 Å². The first kappa shape index (κ1) is 6.36. The van der Waals surface area contributed by atoms with E-state index in [-0.39, 0.29) is 12.2 Å². The maximum absolute atomic E-state index is 5.62. The summed E-state index contributed by atoms with van der Waals surface area (Å²) in [5.41, 5.74) is 6.46. The molecule has 2 heterocycles. The number of rotatable bonds is 0. The first-order chi connectivity index (χ1) is 5.38. The predicted octanol–water partition coefficient (Wildman–Crippen LogP) is 0.102. The van der Waals surface area contributed by atoms with Gasteiger partial charge in [0.15, 0.2) is 0 Å². The van der Waals surface area contributed by atoms with Crippen molar-refractivity contribution in [1.82, 2.24) is 0 Å². The quantitative estimate of drug-likeness (QED) is 0.521. The van der Waals surface area contributed by atoms with E-state index >= 15 is 0 Å². The van der Waals surface area contributed by atoms with Crippen molar-refractivity contribution in [3.63, 3.8) is 0 Å². The Morgan fingerprint density at radius 1 is 1.45 bits per heavy atom. The Balaban J connectivity index is 2.35. The molecule has 5 heteroatoms. The number of hydrogen-bond acceptors (Lipinski definition) is 5. The Hall–Kier alpha value is -1.36. The molecule has 0 saturated carbocycles. The largest absolute Gasteiger partial charge is 0.307 e. The van der Waals surface area contributed by atoms with Crippen LogP contribution in [0.3, 0.4) is 0 Å². The van der Waals surface area contributed by atoms with Crippen molar-refractivity contribution in [2.45, 2.75) is 12.2 Å². The van der Waals surface area contributed by atoms with E-state index in [1.54, 1.807) is 12.3 Å². The van der Waals surface area contributed by atoms with Crippen LogP contribution in [-0.4, -0.2) is 24.3 Å². The van der Waals surface area contributed by atoms with Crippen LogP contribution in [0.4, 0.5) is 0 Å². The highest BCUT2D eigenvalue weighted by atomic mass is 15.2. The monoisotopic (exact) mass is 149 g/mol. The van der Waals surface area contributed by atoms with Crippen molar-refractivity contribution in [3.05, 3.63) is 12.3 Å². The van der Waals surface area contributed by atoms with Crippen molar-refractivity contribution >= 4 is 12.1 Å². The van der Waals surface area contributed by atoms with Crippen molar-refractivity contribution in [2.75, 3.05) is 0 Å². The van der Waals surface area contributed by atoms with E-state index in [0.29, 0.717) is 0 Å². The average molecular weight is 149 g/mol. The summed E-state index contributed by atoms with van der Waals surface area (Å²) in [6.07, 6.45) is 4.53. The Morgan fingerprint density at radius 3 is 3.18 bits per heavy atom. The number of fused-ring (bicyclic) bond motifs is 1. The molecule has 2 aliphatic heterocycles. The lowest BCUT2D eigenvalue weighted by atomic mass is 10.1. The number of nitrogens with zero attached hydrogens (tertiary/aromatic N) is 4. The molecule has 0 aromatic carbocycles. The molecule has 0 aromatic rings. The third-order valence-corrected chi connectivity index (χ3v) is 1.58. The molecule has 0 amide bonds. The Labute approximate surface area is 63.4 Å². The van der Waals surface area contributed by atoms with E-state index < -0.39 is 0 Å². The molecule has 0 saturated heterocycles. The zero-order valence-corrected chi connectivity index (χ0v) is 5.75. The van der Waals surface area contributed by atoms with Crippen molar-refractivity contribution in [2.24, 2.45) is 25.9 Å². The lowest BCUT2D eigenvalue weighted by Gasteiger charge is -2.19. The van der Waals surface area contributed by atoms with Crippen LogP contribution in [0.5, 0.6) is 0 Å². The van der Waals surface area contributed by atoms with Gasteiger partial charge in [-0.3, -0.25) is 4.99 Å². The minimum Gasteiger partial charge on any atom is -0.307 e. The molecule has 2 aliphatic rings. The van der Waals surface area contributed by atoms with Crippen LogP contribution >= 0.6 is 0 Å². The summed E-state index contributed by atoms with van der Waals surface area (Å²) in [5.74, 6) is 0. The summed E-state index contributed by atoms with van der Waals surface area (Å²) < 4.78 is 0. The summed E-state index contributed by atoms with van der Waals surface area (Å²) in [7, 11) is 0.